The zero-order valence-corrected chi connectivity index (χ0v) is 13.2. The molecule has 0 aromatic carbocycles. The summed E-state index contributed by atoms with van der Waals surface area (Å²) >= 11 is 0. The Morgan fingerprint density at radius 3 is 2.57 bits per heavy atom. The largest absolute Gasteiger partial charge is 0.474 e. The summed E-state index contributed by atoms with van der Waals surface area (Å²) in [6, 6.07) is 3.63. The molecule has 1 saturated carbocycles. The van der Waals surface area contributed by atoms with Crippen molar-refractivity contribution in [1.82, 2.24) is 10.3 Å². The first kappa shape index (κ1) is 16.2. The van der Waals surface area contributed by atoms with E-state index >= 15 is 0 Å². The van der Waals surface area contributed by atoms with Crippen LogP contribution in [0.1, 0.15) is 48.9 Å². The van der Waals surface area contributed by atoms with Crippen LogP contribution in [0.25, 0.3) is 0 Å². The number of nitrogens with zero attached hydrogens (tertiary/aromatic N) is 1. The number of nitrogens with one attached hydrogen (secondary N) is 1. The predicted octanol–water partition coefficient (Wildman–Crippen LogP) is 1.67. The van der Waals surface area contributed by atoms with E-state index in [4.69, 9.17) is 9.47 Å². The molecule has 6 heteroatoms. The monoisotopic (exact) mass is 320 g/mol. The first-order valence-electron chi connectivity index (χ1n) is 8.40. The van der Waals surface area contributed by atoms with Gasteiger partial charge in [0.15, 0.2) is 0 Å². The van der Waals surface area contributed by atoms with Gasteiger partial charge >= 0.3 is 0 Å². The van der Waals surface area contributed by atoms with Gasteiger partial charge in [-0.15, -0.1) is 0 Å². The lowest BCUT2D eigenvalue weighted by molar-refractivity contribution is 0.0237. The second-order valence-electron chi connectivity index (χ2n) is 6.29. The Labute approximate surface area is 136 Å². The van der Waals surface area contributed by atoms with Crippen LogP contribution in [-0.2, 0) is 4.74 Å². The van der Waals surface area contributed by atoms with E-state index in [0.717, 1.165) is 51.7 Å². The number of rotatable bonds is 4. The molecule has 0 radical (unpaired) electrons. The number of aromatic nitrogens is 1. The Morgan fingerprint density at radius 1 is 1.17 bits per heavy atom. The summed E-state index contributed by atoms with van der Waals surface area (Å²) in [6.45, 7) is 1.45. The Kier molecular flexibility index (Phi) is 5.46. The molecule has 1 aromatic rings. The Hall–Kier alpha value is -1.66. The first-order valence-corrected chi connectivity index (χ1v) is 8.40. The van der Waals surface area contributed by atoms with Crippen LogP contribution in [0.5, 0.6) is 5.88 Å². The highest BCUT2D eigenvalue weighted by molar-refractivity contribution is 5.94. The summed E-state index contributed by atoms with van der Waals surface area (Å²) in [5, 5.41) is 12.5. The molecule has 2 aliphatic rings. The van der Waals surface area contributed by atoms with Gasteiger partial charge in [0, 0.05) is 31.1 Å². The van der Waals surface area contributed by atoms with Gasteiger partial charge in [-0.2, -0.15) is 0 Å². The van der Waals surface area contributed by atoms with Crippen molar-refractivity contribution in [2.75, 3.05) is 13.2 Å². The zero-order valence-electron chi connectivity index (χ0n) is 13.2. The predicted molar refractivity (Wildman–Crippen MR) is 84.4 cm³/mol. The van der Waals surface area contributed by atoms with E-state index in [9.17, 15) is 9.90 Å². The molecular formula is C17H24N2O4. The van der Waals surface area contributed by atoms with Gasteiger partial charge in [0.1, 0.15) is 6.10 Å². The number of hydrogen-bond donors (Lipinski definition) is 2. The van der Waals surface area contributed by atoms with Gasteiger partial charge in [0.05, 0.1) is 24.9 Å². The molecule has 126 valence electrons. The van der Waals surface area contributed by atoms with Crippen LogP contribution in [0.3, 0.4) is 0 Å². The molecule has 6 nitrogen and oxygen atoms in total. The van der Waals surface area contributed by atoms with E-state index in [2.05, 4.69) is 10.3 Å². The van der Waals surface area contributed by atoms with Crippen molar-refractivity contribution in [2.45, 2.75) is 56.8 Å². The molecule has 2 N–H and O–H groups in total. The average Bonchev–Trinajstić information content (AvgIpc) is 2.58. The Morgan fingerprint density at radius 2 is 1.91 bits per heavy atom. The van der Waals surface area contributed by atoms with E-state index in [-0.39, 0.29) is 24.2 Å². The molecule has 1 amide bonds. The van der Waals surface area contributed by atoms with E-state index in [1.807, 2.05) is 0 Å². The molecule has 0 atom stereocenters. The second-order valence-corrected chi connectivity index (χ2v) is 6.29. The number of hydrogen-bond acceptors (Lipinski definition) is 5. The molecule has 0 unspecified atom stereocenters. The van der Waals surface area contributed by atoms with Crippen molar-refractivity contribution < 1.29 is 19.4 Å². The van der Waals surface area contributed by atoms with Crippen LogP contribution in [-0.4, -0.2) is 47.5 Å². The van der Waals surface area contributed by atoms with E-state index in [0.29, 0.717) is 11.4 Å². The minimum absolute atomic E-state index is 0.114. The summed E-state index contributed by atoms with van der Waals surface area (Å²) in [5.74, 6) is 0.436. The summed E-state index contributed by atoms with van der Waals surface area (Å²) in [4.78, 5) is 16.5. The van der Waals surface area contributed by atoms with E-state index in [1.54, 1.807) is 18.3 Å². The lowest BCUT2D eigenvalue weighted by Gasteiger charge is -2.26. The zero-order chi connectivity index (χ0) is 16.1. The number of carbonyl (C=O) groups excluding carboxylic acids is 1. The molecule has 23 heavy (non-hydrogen) atoms. The normalized spacial score (nSPS) is 25.8. The van der Waals surface area contributed by atoms with Gasteiger partial charge in [0.2, 0.25) is 5.88 Å². The van der Waals surface area contributed by atoms with Crippen molar-refractivity contribution in [1.29, 1.82) is 0 Å². The molecule has 1 saturated heterocycles. The van der Waals surface area contributed by atoms with Gasteiger partial charge in [-0.3, -0.25) is 4.79 Å². The van der Waals surface area contributed by atoms with Crippen LogP contribution >= 0.6 is 0 Å². The summed E-state index contributed by atoms with van der Waals surface area (Å²) in [5.41, 5.74) is 0.537. The highest BCUT2D eigenvalue weighted by atomic mass is 16.5. The second kappa shape index (κ2) is 7.75. The van der Waals surface area contributed by atoms with E-state index < -0.39 is 0 Å². The smallest absolute Gasteiger partial charge is 0.253 e. The summed E-state index contributed by atoms with van der Waals surface area (Å²) < 4.78 is 11.1. The number of ether oxygens (including phenoxy) is 2. The van der Waals surface area contributed by atoms with E-state index in [1.165, 1.54) is 0 Å². The van der Waals surface area contributed by atoms with Crippen LogP contribution in [0.15, 0.2) is 18.3 Å². The quantitative estimate of drug-likeness (QED) is 0.882. The van der Waals surface area contributed by atoms with Crippen molar-refractivity contribution in [2.24, 2.45) is 0 Å². The molecule has 2 fully saturated rings. The lowest BCUT2D eigenvalue weighted by Crippen LogP contribution is -2.38. The molecule has 0 spiro atoms. The third kappa shape index (κ3) is 4.65. The van der Waals surface area contributed by atoms with Gasteiger partial charge in [-0.25, -0.2) is 4.98 Å². The van der Waals surface area contributed by atoms with Crippen molar-refractivity contribution in [3.63, 3.8) is 0 Å². The SMILES string of the molecule is O=C(NC1CCC(O)CC1)c1ccc(OC2CCOCC2)nc1. The fourth-order valence-electron chi connectivity index (χ4n) is 3.04. The maximum absolute atomic E-state index is 12.2. The van der Waals surface area contributed by atoms with Crippen LogP contribution in [0.4, 0.5) is 0 Å². The van der Waals surface area contributed by atoms with Gasteiger partial charge in [-0.1, -0.05) is 0 Å². The fraction of sp³-hybridized carbons (Fsp3) is 0.647. The first-order chi connectivity index (χ1) is 11.2. The number of aliphatic hydroxyl groups excluding tert-OH is 1. The average molecular weight is 320 g/mol. The minimum Gasteiger partial charge on any atom is -0.474 e. The van der Waals surface area contributed by atoms with Crippen molar-refractivity contribution >= 4 is 5.91 Å². The number of aliphatic hydroxyl groups is 1. The molecule has 0 bridgehead atoms. The van der Waals surface area contributed by atoms with Crippen LogP contribution in [0, 0.1) is 0 Å². The highest BCUT2D eigenvalue weighted by Gasteiger charge is 2.21. The number of carbonyl (C=O) groups is 1. The summed E-state index contributed by atoms with van der Waals surface area (Å²) in [7, 11) is 0. The van der Waals surface area contributed by atoms with Crippen molar-refractivity contribution in [3.8, 4) is 5.88 Å². The third-order valence-corrected chi connectivity index (χ3v) is 4.49. The minimum atomic E-state index is -0.216. The standard InChI is InChI=1S/C17H24N2O4/c20-14-4-2-13(3-5-14)19-17(21)12-1-6-16(18-11-12)23-15-7-9-22-10-8-15/h1,6,11,13-15,20H,2-5,7-10H2,(H,19,21). The molecular weight excluding hydrogens is 296 g/mol. The van der Waals surface area contributed by atoms with Gasteiger partial charge in [-0.05, 0) is 31.7 Å². The maximum atomic E-state index is 12.2. The Balaban J connectivity index is 1.50. The van der Waals surface area contributed by atoms with Crippen molar-refractivity contribution in [3.05, 3.63) is 23.9 Å². The summed E-state index contributed by atoms with van der Waals surface area (Å²) in [6.07, 6.45) is 6.38. The lowest BCUT2D eigenvalue weighted by atomic mass is 9.93. The molecule has 1 aromatic heterocycles. The van der Waals surface area contributed by atoms with Crippen LogP contribution < -0.4 is 10.1 Å². The van der Waals surface area contributed by atoms with Gasteiger partial charge in [0.25, 0.3) is 5.91 Å². The number of pyridine rings is 1. The topological polar surface area (TPSA) is 80.7 Å². The highest BCUT2D eigenvalue weighted by Crippen LogP contribution is 2.19. The fourth-order valence-corrected chi connectivity index (χ4v) is 3.04. The Bertz CT molecular complexity index is 506. The van der Waals surface area contributed by atoms with Gasteiger partial charge < -0.3 is 19.9 Å². The molecule has 2 heterocycles. The number of amides is 1. The maximum Gasteiger partial charge on any atom is 0.253 e. The molecule has 1 aliphatic carbocycles. The van der Waals surface area contributed by atoms with Crippen LogP contribution in [0.2, 0.25) is 0 Å². The molecule has 3 rings (SSSR count). The molecule has 1 aliphatic heterocycles. The third-order valence-electron chi connectivity index (χ3n) is 4.49.